The number of nitrogens with zero attached hydrogens (tertiary/aromatic N) is 5. The van der Waals surface area contributed by atoms with Gasteiger partial charge in [0.05, 0.1) is 60.2 Å². The summed E-state index contributed by atoms with van der Waals surface area (Å²) in [6.45, 7) is 3.16. The van der Waals surface area contributed by atoms with E-state index in [4.69, 9.17) is 14.2 Å². The summed E-state index contributed by atoms with van der Waals surface area (Å²) in [6.07, 6.45) is -4.66. The quantitative estimate of drug-likeness (QED) is 0.102. The maximum Gasteiger partial charge on any atom is 0.417 e. The van der Waals surface area contributed by atoms with Gasteiger partial charge in [-0.2, -0.15) is 26.3 Å². The van der Waals surface area contributed by atoms with Crippen molar-refractivity contribution in [3.05, 3.63) is 74.4 Å². The second-order valence-corrected chi connectivity index (χ2v) is 15.1. The Morgan fingerprint density at radius 1 is 0.949 bits per heavy atom. The number of urea groups is 1. The molecule has 1 atom stereocenters. The number of amides is 3. The molecule has 2 N–H and O–H groups in total. The fourth-order valence-electron chi connectivity index (χ4n) is 6.88. The average molecular weight is 899 g/mol. The number of aryl methyl sites for hydroxylation is 3. The predicted octanol–water partition coefficient (Wildman–Crippen LogP) is 7.85. The fourth-order valence-corrected chi connectivity index (χ4v) is 7.22. The summed E-state index contributed by atoms with van der Waals surface area (Å²) in [5.74, 6) is 0.557. The molecule has 0 aliphatic carbocycles. The number of alkyl halides is 6. The largest absolute Gasteiger partial charge is 0.489 e. The van der Waals surface area contributed by atoms with E-state index >= 15 is 0 Å². The highest BCUT2D eigenvalue weighted by molar-refractivity contribution is 9.10. The van der Waals surface area contributed by atoms with Crippen LogP contribution in [0.25, 0.3) is 10.9 Å². The molecular weight excluding hydrogens is 856 g/mol. The van der Waals surface area contributed by atoms with Gasteiger partial charge in [-0.1, -0.05) is 28.8 Å². The van der Waals surface area contributed by atoms with E-state index in [0.717, 1.165) is 21.0 Å². The monoisotopic (exact) mass is 897 g/mol. The number of aromatic nitrogens is 3. The minimum Gasteiger partial charge on any atom is -0.489 e. The van der Waals surface area contributed by atoms with E-state index in [1.807, 2.05) is 6.92 Å². The van der Waals surface area contributed by atoms with Gasteiger partial charge in [-0.25, -0.2) is 9.78 Å². The Bertz CT molecular complexity index is 2220. The number of hydrogen-bond acceptors (Lipinski definition) is 9. The average Bonchev–Trinajstić information content (AvgIpc) is 3.17. The smallest absolute Gasteiger partial charge is 0.417 e. The highest BCUT2D eigenvalue weighted by Crippen LogP contribution is 2.41. The summed E-state index contributed by atoms with van der Waals surface area (Å²) in [7, 11) is 0. The van der Waals surface area contributed by atoms with Crippen molar-refractivity contribution in [3.63, 3.8) is 0 Å². The van der Waals surface area contributed by atoms with Crippen molar-refractivity contribution in [2.45, 2.75) is 71.0 Å². The molecule has 1 fully saturated rings. The van der Waals surface area contributed by atoms with Crippen molar-refractivity contribution < 1.29 is 50.1 Å². The van der Waals surface area contributed by atoms with Crippen LogP contribution < -0.4 is 30.6 Å². The third-order valence-corrected chi connectivity index (χ3v) is 10.7. The van der Waals surface area contributed by atoms with E-state index in [0.29, 0.717) is 62.0 Å². The molecule has 0 unspecified atom stereocenters. The number of carbonyl (C=O) groups excluding carboxylic acids is 2. The van der Waals surface area contributed by atoms with Crippen LogP contribution in [-0.4, -0.2) is 89.7 Å². The zero-order valence-corrected chi connectivity index (χ0v) is 33.7. The number of anilines is 3. The van der Waals surface area contributed by atoms with Crippen LogP contribution in [0.15, 0.2) is 52.0 Å². The van der Waals surface area contributed by atoms with Crippen LogP contribution in [0.5, 0.6) is 11.5 Å². The maximum absolute atomic E-state index is 14.1. The van der Waals surface area contributed by atoms with Gasteiger partial charge in [0.15, 0.2) is 5.82 Å². The normalized spacial score (nSPS) is 15.8. The van der Waals surface area contributed by atoms with E-state index in [1.54, 1.807) is 24.0 Å². The van der Waals surface area contributed by atoms with Gasteiger partial charge in [0, 0.05) is 41.5 Å². The van der Waals surface area contributed by atoms with Crippen molar-refractivity contribution in [1.82, 2.24) is 19.4 Å². The van der Waals surface area contributed by atoms with Crippen LogP contribution in [-0.2, 0) is 22.3 Å². The lowest BCUT2D eigenvalue weighted by Gasteiger charge is -2.33. The molecule has 20 heteroatoms. The van der Waals surface area contributed by atoms with Gasteiger partial charge in [-0.3, -0.25) is 19.9 Å². The summed E-state index contributed by atoms with van der Waals surface area (Å²) < 4.78 is 101. The molecule has 6 rings (SSSR count). The van der Waals surface area contributed by atoms with Gasteiger partial charge in [0.1, 0.15) is 37.4 Å². The van der Waals surface area contributed by atoms with Crippen LogP contribution in [0.1, 0.15) is 48.9 Å². The molecule has 2 aromatic heterocycles. The van der Waals surface area contributed by atoms with Crippen molar-refractivity contribution >= 4 is 56.0 Å². The molecule has 2 aliphatic rings. The lowest BCUT2D eigenvalue weighted by Crippen LogP contribution is -2.47. The Hall–Kier alpha value is -5.11. The number of rotatable bonds is 13. The number of morpholine rings is 1. The van der Waals surface area contributed by atoms with Gasteiger partial charge in [-0.05, 0) is 50.5 Å². The van der Waals surface area contributed by atoms with E-state index in [9.17, 15) is 40.7 Å². The second-order valence-electron chi connectivity index (χ2n) is 14.3. The van der Waals surface area contributed by atoms with Crippen LogP contribution in [0.2, 0.25) is 0 Å². The highest BCUT2D eigenvalue weighted by atomic mass is 79.9. The summed E-state index contributed by atoms with van der Waals surface area (Å²) in [4.78, 5) is 49.7. The molecule has 2 aromatic carbocycles. The van der Waals surface area contributed by atoms with E-state index in [2.05, 4.69) is 36.5 Å². The van der Waals surface area contributed by atoms with Crippen molar-refractivity contribution in [2.24, 2.45) is 0 Å². The fraction of sp³-hybridized carbons (Fsp3) is 0.462. The lowest BCUT2D eigenvalue weighted by atomic mass is 10.0. The summed E-state index contributed by atoms with van der Waals surface area (Å²) in [5.41, 5.74) is -0.376. The number of carbonyl (C=O) groups is 2. The Morgan fingerprint density at radius 3 is 2.46 bits per heavy atom. The van der Waals surface area contributed by atoms with Crippen LogP contribution in [0, 0.1) is 13.8 Å². The van der Waals surface area contributed by atoms with Crippen molar-refractivity contribution in [1.29, 1.82) is 0 Å². The Kier molecular flexibility index (Phi) is 13.6. The first kappa shape index (κ1) is 43.5. The molecule has 318 valence electrons. The number of pyridine rings is 1. The predicted molar refractivity (Wildman–Crippen MR) is 210 cm³/mol. The first-order valence-corrected chi connectivity index (χ1v) is 19.7. The topological polar surface area (TPSA) is 140 Å². The van der Waals surface area contributed by atoms with E-state index in [-0.39, 0.29) is 67.9 Å². The number of unbranched alkanes of at least 4 members (excludes halogenated alkanes) is 3. The molecule has 1 saturated heterocycles. The van der Waals surface area contributed by atoms with E-state index < -0.39 is 47.5 Å². The zero-order chi connectivity index (χ0) is 42.5. The number of nitrogens with one attached hydrogen (secondary N) is 2. The highest BCUT2D eigenvalue weighted by Gasteiger charge is 2.37. The van der Waals surface area contributed by atoms with Gasteiger partial charge in [-0.15, -0.1) is 0 Å². The second kappa shape index (κ2) is 18.4. The molecule has 0 spiro atoms. The van der Waals surface area contributed by atoms with Gasteiger partial charge in [0.25, 0.3) is 5.56 Å². The summed E-state index contributed by atoms with van der Waals surface area (Å²) in [5, 5.41) is 5.00. The van der Waals surface area contributed by atoms with Crippen molar-refractivity contribution in [3.8, 4) is 11.5 Å². The van der Waals surface area contributed by atoms with Crippen LogP contribution in [0.3, 0.4) is 0 Å². The Balaban J connectivity index is 1.00. The SMILES string of the molecule is Cc1cnc(NC(=O)Nc2cc(Br)c(C)cc2OC[C@@H]2CN(C(=O)CCCCCCn3c(=O)cc(C(F)(F)F)c4cc5c(cc43)OCCN5CC(F)(F)F)CCO2)cn1. The third kappa shape index (κ3) is 11.3. The molecular formula is C39H42BrF6N7O6. The standard InChI is InChI=1S/C39H42BrF6N7O6/c1-23-13-32(29(16-28(23)40)49-37(56)50-34-19-47-24(2)18-48-34)59-21-25-20-51(9-11-57-25)35(54)7-5-3-4-6-8-53-30-17-33-31(52(10-12-58-33)22-38(41,42)43)14-26(30)27(15-36(53)55)39(44,45)46/h13-19,25H,3-12,20-22H2,1-2H3,(H2,48,49,50,56)/t25-/m0/s1. The van der Waals surface area contributed by atoms with Crippen molar-refractivity contribution in [2.75, 3.05) is 61.5 Å². The molecule has 2 aliphatic heterocycles. The molecule has 0 saturated carbocycles. The Labute approximate surface area is 343 Å². The summed E-state index contributed by atoms with van der Waals surface area (Å²) in [6, 6.07) is 5.64. The lowest BCUT2D eigenvalue weighted by molar-refractivity contribution is -0.140. The minimum atomic E-state index is -4.92. The molecule has 0 radical (unpaired) electrons. The van der Waals surface area contributed by atoms with Gasteiger partial charge >= 0.3 is 18.4 Å². The molecule has 59 heavy (non-hydrogen) atoms. The number of fused-ring (bicyclic) bond motifs is 2. The number of hydrogen-bond donors (Lipinski definition) is 2. The molecule has 0 bridgehead atoms. The Morgan fingerprint density at radius 2 is 1.73 bits per heavy atom. The zero-order valence-electron chi connectivity index (χ0n) is 32.1. The van der Waals surface area contributed by atoms with Crippen LogP contribution >= 0.6 is 15.9 Å². The number of halogens is 7. The molecule has 4 aromatic rings. The maximum atomic E-state index is 14.1. The van der Waals surface area contributed by atoms with Gasteiger partial charge < -0.3 is 33.9 Å². The third-order valence-electron chi connectivity index (χ3n) is 9.80. The van der Waals surface area contributed by atoms with Gasteiger partial charge in [0.2, 0.25) is 5.91 Å². The van der Waals surface area contributed by atoms with Crippen LogP contribution in [0.4, 0.5) is 48.3 Å². The molecule has 3 amide bonds. The minimum absolute atomic E-state index is 0.0317. The molecule has 13 nitrogen and oxygen atoms in total. The number of benzene rings is 2. The first-order chi connectivity index (χ1) is 27.9. The van der Waals surface area contributed by atoms with E-state index in [1.165, 1.54) is 23.0 Å². The molecule has 4 heterocycles. The summed E-state index contributed by atoms with van der Waals surface area (Å²) >= 11 is 3.48. The first-order valence-electron chi connectivity index (χ1n) is 18.9. The number of ether oxygens (including phenoxy) is 3.